The van der Waals surface area contributed by atoms with Crippen LogP contribution in [-0.2, 0) is 9.53 Å². The molecule has 1 atom stereocenters. The molecular formula is C6H12INO2. The molecule has 10 heavy (non-hydrogen) atoms. The zero-order valence-corrected chi connectivity index (χ0v) is 8.58. The fraction of sp³-hybridized carbons (Fsp3) is 0.833. The van der Waals surface area contributed by atoms with E-state index in [-0.39, 0.29) is 12.0 Å². The molecule has 0 rings (SSSR count). The zero-order chi connectivity index (χ0) is 8.15. The normalized spacial score (nSPS) is 13.3. The van der Waals surface area contributed by atoms with Crippen molar-refractivity contribution in [1.82, 2.24) is 3.11 Å². The van der Waals surface area contributed by atoms with E-state index in [0.717, 1.165) is 0 Å². The molecule has 0 aliphatic rings. The van der Waals surface area contributed by atoms with Crippen LogP contribution in [0.25, 0.3) is 0 Å². The molecule has 4 heteroatoms. The Kier molecular flexibility index (Phi) is 4.98. The highest BCUT2D eigenvalue weighted by atomic mass is 127. The van der Waals surface area contributed by atoms with Gasteiger partial charge in [0.05, 0.1) is 6.61 Å². The SMILES string of the molecule is CCOC(=O)[C@H](C)N(C)I. The molecule has 0 aromatic heterocycles. The van der Waals surface area contributed by atoms with Crippen LogP contribution in [0.4, 0.5) is 0 Å². The molecule has 0 aromatic carbocycles. The lowest BCUT2D eigenvalue weighted by Crippen LogP contribution is -2.30. The van der Waals surface area contributed by atoms with Crippen molar-refractivity contribution < 1.29 is 9.53 Å². The van der Waals surface area contributed by atoms with Gasteiger partial charge in [0.25, 0.3) is 0 Å². The lowest BCUT2D eigenvalue weighted by molar-refractivity contribution is -0.146. The molecule has 0 spiro atoms. The first-order valence-corrected chi connectivity index (χ1v) is 4.11. The molecule has 0 N–H and O–H groups in total. The van der Waals surface area contributed by atoms with Gasteiger partial charge in [-0.15, -0.1) is 0 Å². The Hall–Kier alpha value is 0.160. The third-order valence-electron chi connectivity index (χ3n) is 1.16. The molecule has 0 saturated carbocycles. The molecule has 0 aliphatic carbocycles. The molecule has 0 aromatic rings. The van der Waals surface area contributed by atoms with Gasteiger partial charge in [-0.25, -0.2) is 3.11 Å². The minimum atomic E-state index is -0.167. The van der Waals surface area contributed by atoms with Crippen molar-refractivity contribution >= 4 is 28.8 Å². The summed E-state index contributed by atoms with van der Waals surface area (Å²) in [6.07, 6.45) is 0. The fourth-order valence-corrected chi connectivity index (χ4v) is 0.636. The van der Waals surface area contributed by atoms with Gasteiger partial charge in [0, 0.05) is 22.9 Å². The average Bonchev–Trinajstić information content (AvgIpc) is 1.87. The molecule has 0 aliphatic heterocycles. The van der Waals surface area contributed by atoms with Crippen LogP contribution in [-0.4, -0.2) is 28.8 Å². The lowest BCUT2D eigenvalue weighted by Gasteiger charge is -2.14. The Balaban J connectivity index is 3.71. The van der Waals surface area contributed by atoms with Crippen molar-refractivity contribution in [3.8, 4) is 0 Å². The van der Waals surface area contributed by atoms with E-state index in [1.807, 2.05) is 14.0 Å². The molecule has 60 valence electrons. The van der Waals surface area contributed by atoms with Gasteiger partial charge in [0.15, 0.2) is 0 Å². The molecule has 0 saturated heterocycles. The molecule has 3 nitrogen and oxygen atoms in total. The standard InChI is InChI=1S/C6H12INO2/c1-4-10-6(9)5(2)8(3)7/h5H,4H2,1-3H3/t5-/m0/s1. The van der Waals surface area contributed by atoms with E-state index in [1.54, 1.807) is 10.0 Å². The number of carbonyl (C=O) groups is 1. The van der Waals surface area contributed by atoms with Crippen LogP contribution in [0, 0.1) is 0 Å². The van der Waals surface area contributed by atoms with E-state index in [2.05, 4.69) is 22.9 Å². The molecule has 0 heterocycles. The van der Waals surface area contributed by atoms with Crippen LogP contribution in [0.3, 0.4) is 0 Å². The van der Waals surface area contributed by atoms with Crippen molar-refractivity contribution in [2.24, 2.45) is 0 Å². The molecule has 0 unspecified atom stereocenters. The predicted octanol–water partition coefficient (Wildman–Crippen LogP) is 1.22. The van der Waals surface area contributed by atoms with Gasteiger partial charge in [0.2, 0.25) is 0 Å². The predicted molar refractivity (Wildman–Crippen MR) is 47.9 cm³/mol. The van der Waals surface area contributed by atoms with E-state index >= 15 is 0 Å². The third kappa shape index (κ3) is 3.36. The van der Waals surface area contributed by atoms with Crippen LogP contribution >= 0.6 is 22.9 Å². The van der Waals surface area contributed by atoms with Gasteiger partial charge in [-0.05, 0) is 20.9 Å². The smallest absolute Gasteiger partial charge is 0.323 e. The molecule has 0 radical (unpaired) electrons. The quantitative estimate of drug-likeness (QED) is 0.432. The average molecular weight is 257 g/mol. The van der Waals surface area contributed by atoms with Crippen molar-refractivity contribution in [1.29, 1.82) is 0 Å². The van der Waals surface area contributed by atoms with Crippen LogP contribution in [0.2, 0.25) is 0 Å². The molecule has 0 bridgehead atoms. The summed E-state index contributed by atoms with van der Waals surface area (Å²) in [4.78, 5) is 10.9. The minimum absolute atomic E-state index is 0.152. The monoisotopic (exact) mass is 257 g/mol. The number of ether oxygens (including phenoxy) is 1. The number of carbonyl (C=O) groups excluding carboxylic acids is 1. The van der Waals surface area contributed by atoms with E-state index in [9.17, 15) is 4.79 Å². The van der Waals surface area contributed by atoms with E-state index in [0.29, 0.717) is 6.61 Å². The van der Waals surface area contributed by atoms with E-state index < -0.39 is 0 Å². The topological polar surface area (TPSA) is 29.5 Å². The van der Waals surface area contributed by atoms with Crippen LogP contribution in [0.15, 0.2) is 0 Å². The number of halogens is 1. The first kappa shape index (κ1) is 10.2. The summed E-state index contributed by atoms with van der Waals surface area (Å²) < 4.78 is 6.57. The number of likely N-dealkylation sites (N-methyl/N-ethyl adjacent to an activating group) is 1. The second kappa shape index (κ2) is 4.90. The van der Waals surface area contributed by atoms with E-state index in [1.165, 1.54) is 0 Å². The fourth-order valence-electron chi connectivity index (χ4n) is 0.408. The van der Waals surface area contributed by atoms with Gasteiger partial charge in [-0.2, -0.15) is 0 Å². The Bertz CT molecular complexity index is 116. The highest BCUT2D eigenvalue weighted by Gasteiger charge is 2.16. The number of hydrogen-bond acceptors (Lipinski definition) is 3. The lowest BCUT2D eigenvalue weighted by atomic mass is 10.3. The van der Waals surface area contributed by atoms with Gasteiger partial charge in [0.1, 0.15) is 6.04 Å². The Labute approximate surface area is 75.2 Å². The first-order chi connectivity index (χ1) is 4.59. The maximum Gasteiger partial charge on any atom is 0.323 e. The summed E-state index contributed by atoms with van der Waals surface area (Å²) in [6, 6.07) is -0.152. The Morgan fingerprint density at radius 1 is 1.80 bits per heavy atom. The van der Waals surface area contributed by atoms with Gasteiger partial charge in [-0.3, -0.25) is 4.79 Å². The molecule has 0 amide bonds. The second-order valence-electron chi connectivity index (χ2n) is 1.95. The van der Waals surface area contributed by atoms with Gasteiger partial charge < -0.3 is 4.74 Å². The summed E-state index contributed by atoms with van der Waals surface area (Å²) in [7, 11) is 1.84. The summed E-state index contributed by atoms with van der Waals surface area (Å²) in [6.45, 7) is 4.07. The van der Waals surface area contributed by atoms with Crippen molar-refractivity contribution in [3.63, 3.8) is 0 Å². The highest BCUT2D eigenvalue weighted by Crippen LogP contribution is 2.03. The zero-order valence-electron chi connectivity index (χ0n) is 6.43. The Morgan fingerprint density at radius 3 is 2.60 bits per heavy atom. The molecular weight excluding hydrogens is 245 g/mol. The number of nitrogens with zero attached hydrogens (tertiary/aromatic N) is 1. The van der Waals surface area contributed by atoms with Crippen molar-refractivity contribution in [2.45, 2.75) is 19.9 Å². The third-order valence-corrected chi connectivity index (χ3v) is 2.00. The van der Waals surface area contributed by atoms with Crippen molar-refractivity contribution in [3.05, 3.63) is 0 Å². The first-order valence-electron chi connectivity index (χ1n) is 3.14. The summed E-state index contributed by atoms with van der Waals surface area (Å²) in [5.74, 6) is -0.167. The Morgan fingerprint density at radius 2 is 2.30 bits per heavy atom. The maximum absolute atomic E-state index is 10.9. The van der Waals surface area contributed by atoms with Crippen LogP contribution in [0.1, 0.15) is 13.8 Å². The number of esters is 1. The largest absolute Gasteiger partial charge is 0.465 e. The summed E-state index contributed by atoms with van der Waals surface area (Å²) >= 11 is 2.06. The van der Waals surface area contributed by atoms with Crippen LogP contribution in [0.5, 0.6) is 0 Å². The summed E-state index contributed by atoms with van der Waals surface area (Å²) in [5.41, 5.74) is 0. The number of rotatable bonds is 3. The van der Waals surface area contributed by atoms with Crippen molar-refractivity contribution in [2.75, 3.05) is 13.7 Å². The second-order valence-corrected chi connectivity index (χ2v) is 3.47. The van der Waals surface area contributed by atoms with Crippen LogP contribution < -0.4 is 0 Å². The minimum Gasteiger partial charge on any atom is -0.465 e. The maximum atomic E-state index is 10.9. The summed E-state index contributed by atoms with van der Waals surface area (Å²) in [5, 5.41) is 0. The van der Waals surface area contributed by atoms with Gasteiger partial charge in [-0.1, -0.05) is 0 Å². The van der Waals surface area contributed by atoms with Gasteiger partial charge >= 0.3 is 5.97 Å². The number of hydrogen-bond donors (Lipinski definition) is 0. The van der Waals surface area contributed by atoms with E-state index in [4.69, 9.17) is 4.74 Å². The highest BCUT2D eigenvalue weighted by molar-refractivity contribution is 14.1. The molecule has 0 fully saturated rings.